The number of carbonyl (C=O) groups is 4. The number of hydrogen-bond donors (Lipinski definition) is 3. The van der Waals surface area contributed by atoms with Crippen LogP contribution in [0.1, 0.15) is 60.8 Å². The topological polar surface area (TPSA) is 178 Å². The van der Waals surface area contributed by atoms with Crippen molar-refractivity contribution in [3.63, 3.8) is 0 Å². The Balaban J connectivity index is 1.93. The van der Waals surface area contributed by atoms with E-state index < -0.39 is 95.6 Å². The SMILES string of the molecule is CCCC(=O)O[C@@H]1/C(C)=C/[C@@H]2OC(=O)[C@]3(C)O[C@]23[C@@H](O)[C@H]2[C@@H](C)[C@@H](O)C[C@H](OC(C)=O)[C@@H]2[C@@H](O)[C@H]1OC(C)=O. The first kappa shape index (κ1) is 29.4. The van der Waals surface area contributed by atoms with Crippen LogP contribution in [0.25, 0.3) is 0 Å². The van der Waals surface area contributed by atoms with Crippen molar-refractivity contribution in [2.24, 2.45) is 17.8 Å². The highest BCUT2D eigenvalue weighted by molar-refractivity contribution is 5.89. The van der Waals surface area contributed by atoms with Crippen LogP contribution in [-0.4, -0.2) is 93.1 Å². The summed E-state index contributed by atoms with van der Waals surface area (Å²) >= 11 is 0. The normalized spacial score (nSPS) is 46.3. The van der Waals surface area contributed by atoms with Crippen molar-refractivity contribution in [1.82, 2.24) is 0 Å². The lowest BCUT2D eigenvalue weighted by molar-refractivity contribution is -0.209. The summed E-state index contributed by atoms with van der Waals surface area (Å²) in [7, 11) is 0. The van der Waals surface area contributed by atoms with E-state index in [1.807, 2.05) is 0 Å². The van der Waals surface area contributed by atoms with E-state index >= 15 is 0 Å². The van der Waals surface area contributed by atoms with Crippen LogP contribution in [0.3, 0.4) is 0 Å². The van der Waals surface area contributed by atoms with Gasteiger partial charge in [0.1, 0.15) is 12.2 Å². The molecule has 3 fully saturated rings. The molecule has 3 N–H and O–H groups in total. The zero-order chi connectivity index (χ0) is 29.0. The first-order valence-corrected chi connectivity index (χ1v) is 13.4. The zero-order valence-corrected chi connectivity index (χ0v) is 23.0. The Bertz CT molecular complexity index is 1060. The largest absolute Gasteiger partial charge is 0.462 e. The van der Waals surface area contributed by atoms with Gasteiger partial charge in [0.15, 0.2) is 29.5 Å². The third-order valence-corrected chi connectivity index (χ3v) is 8.71. The molecule has 0 aromatic carbocycles. The predicted octanol–water partition coefficient (Wildman–Crippen LogP) is 0.330. The van der Waals surface area contributed by atoms with Gasteiger partial charge >= 0.3 is 23.9 Å². The summed E-state index contributed by atoms with van der Waals surface area (Å²) < 4.78 is 28.4. The summed E-state index contributed by atoms with van der Waals surface area (Å²) in [5.41, 5.74) is -2.79. The number of epoxide rings is 1. The Morgan fingerprint density at radius 3 is 2.28 bits per heavy atom. The summed E-state index contributed by atoms with van der Waals surface area (Å²) in [6.45, 7) is 8.82. The molecule has 0 amide bonds. The third-order valence-electron chi connectivity index (χ3n) is 8.71. The zero-order valence-electron chi connectivity index (χ0n) is 23.0. The number of carbonyl (C=O) groups excluding carboxylic acids is 4. The molecule has 0 unspecified atom stereocenters. The van der Waals surface area contributed by atoms with Crippen LogP contribution in [0.5, 0.6) is 0 Å². The quantitative estimate of drug-likeness (QED) is 0.184. The van der Waals surface area contributed by atoms with Crippen molar-refractivity contribution >= 4 is 23.9 Å². The standard InChI is InChI=1S/C27H38O12/c1-7-8-18(31)38-22-11(2)9-17-27(26(6,39-27)25(34)37-17)24(33)19-12(3)15(30)10-16(35-13(4)28)20(19)21(32)23(22)36-14(5)29/h9,12,15-17,19-24,30,32-33H,7-8,10H2,1-6H3/b11-9+/t12-,15-,16-,17-,19-,20-,21+,22+,23+,24-,26-,27-/m0/s1. The van der Waals surface area contributed by atoms with E-state index in [-0.39, 0.29) is 12.8 Å². The molecular formula is C27H38O12. The van der Waals surface area contributed by atoms with Crippen LogP contribution in [0.15, 0.2) is 11.6 Å². The van der Waals surface area contributed by atoms with Gasteiger partial charge in [-0.3, -0.25) is 14.4 Å². The van der Waals surface area contributed by atoms with Crippen LogP contribution < -0.4 is 0 Å². The molecule has 0 radical (unpaired) electrons. The molecule has 2 aliphatic carbocycles. The van der Waals surface area contributed by atoms with Crippen LogP contribution in [0.2, 0.25) is 0 Å². The highest BCUT2D eigenvalue weighted by atomic mass is 16.7. The van der Waals surface area contributed by atoms with Gasteiger partial charge in [0.25, 0.3) is 0 Å². The summed E-state index contributed by atoms with van der Waals surface area (Å²) in [4.78, 5) is 49.9. The molecule has 2 aliphatic heterocycles. The minimum Gasteiger partial charge on any atom is -0.462 e. The number of esters is 4. The van der Waals surface area contributed by atoms with E-state index in [1.165, 1.54) is 19.9 Å². The summed E-state index contributed by atoms with van der Waals surface area (Å²) in [6.07, 6.45) is -7.25. The maximum absolute atomic E-state index is 12.9. The number of hydrogen-bond acceptors (Lipinski definition) is 12. The molecule has 4 rings (SSSR count). The predicted molar refractivity (Wildman–Crippen MR) is 131 cm³/mol. The van der Waals surface area contributed by atoms with Gasteiger partial charge < -0.3 is 39.0 Å². The Hall–Kier alpha value is -2.54. The average molecular weight is 555 g/mol. The van der Waals surface area contributed by atoms with Gasteiger partial charge in [0, 0.05) is 38.5 Å². The molecule has 2 heterocycles. The maximum Gasteiger partial charge on any atom is 0.342 e. The van der Waals surface area contributed by atoms with Gasteiger partial charge in [-0.2, -0.15) is 0 Å². The second-order valence-corrected chi connectivity index (χ2v) is 11.3. The van der Waals surface area contributed by atoms with E-state index in [4.69, 9.17) is 23.7 Å². The Kier molecular flexibility index (Phi) is 7.89. The summed E-state index contributed by atoms with van der Waals surface area (Å²) in [6, 6.07) is 0. The van der Waals surface area contributed by atoms with Crippen molar-refractivity contribution < 1.29 is 58.2 Å². The van der Waals surface area contributed by atoms with E-state index in [0.717, 1.165) is 6.92 Å². The fourth-order valence-corrected chi connectivity index (χ4v) is 6.74. The smallest absolute Gasteiger partial charge is 0.342 e. The van der Waals surface area contributed by atoms with Crippen LogP contribution >= 0.6 is 0 Å². The van der Waals surface area contributed by atoms with Crippen molar-refractivity contribution in [3.05, 3.63) is 11.6 Å². The molecule has 218 valence electrons. The van der Waals surface area contributed by atoms with Crippen molar-refractivity contribution in [1.29, 1.82) is 0 Å². The first-order chi connectivity index (χ1) is 18.2. The summed E-state index contributed by atoms with van der Waals surface area (Å²) in [5, 5.41) is 34.8. The van der Waals surface area contributed by atoms with Crippen LogP contribution in [0, 0.1) is 17.8 Å². The molecule has 12 heteroatoms. The van der Waals surface area contributed by atoms with Crippen LogP contribution in [0.4, 0.5) is 0 Å². The molecule has 4 aliphatic rings. The molecule has 1 spiro atoms. The number of fused-ring (bicyclic) bond motifs is 1. The second-order valence-electron chi connectivity index (χ2n) is 11.3. The minimum absolute atomic E-state index is 0.0558. The van der Waals surface area contributed by atoms with E-state index in [2.05, 4.69) is 0 Å². The monoisotopic (exact) mass is 554 g/mol. The van der Waals surface area contributed by atoms with Gasteiger partial charge in [0.05, 0.1) is 12.2 Å². The Morgan fingerprint density at radius 1 is 1.08 bits per heavy atom. The molecule has 12 nitrogen and oxygen atoms in total. The Morgan fingerprint density at radius 2 is 1.72 bits per heavy atom. The summed E-state index contributed by atoms with van der Waals surface area (Å²) in [5.74, 6) is -5.60. The van der Waals surface area contributed by atoms with Crippen molar-refractivity contribution in [2.75, 3.05) is 0 Å². The third kappa shape index (κ3) is 4.75. The van der Waals surface area contributed by atoms with Gasteiger partial charge in [-0.1, -0.05) is 13.8 Å². The number of aliphatic hydroxyl groups excluding tert-OH is 3. The molecule has 0 bridgehead atoms. The molecule has 2 saturated heterocycles. The fraction of sp³-hybridized carbons (Fsp3) is 0.778. The van der Waals surface area contributed by atoms with Crippen LogP contribution in [-0.2, 0) is 42.9 Å². The van der Waals surface area contributed by atoms with Gasteiger partial charge in [0.2, 0.25) is 0 Å². The van der Waals surface area contributed by atoms with Gasteiger partial charge in [-0.15, -0.1) is 0 Å². The minimum atomic E-state index is -1.63. The molecule has 39 heavy (non-hydrogen) atoms. The van der Waals surface area contributed by atoms with Crippen molar-refractivity contribution in [2.45, 2.75) is 115 Å². The number of aliphatic hydroxyl groups is 3. The van der Waals surface area contributed by atoms with Gasteiger partial charge in [-0.25, -0.2) is 4.79 Å². The number of ether oxygens (including phenoxy) is 5. The lowest BCUT2D eigenvalue weighted by atomic mass is 9.60. The van der Waals surface area contributed by atoms with E-state index in [0.29, 0.717) is 12.0 Å². The van der Waals surface area contributed by atoms with E-state index in [1.54, 1.807) is 20.8 Å². The first-order valence-electron chi connectivity index (χ1n) is 13.4. The molecule has 1 saturated carbocycles. The lowest BCUT2D eigenvalue weighted by Crippen LogP contribution is -2.63. The Labute approximate surface area is 226 Å². The number of rotatable bonds is 5. The molecule has 12 atom stereocenters. The molecule has 0 aromatic rings. The van der Waals surface area contributed by atoms with Crippen molar-refractivity contribution in [3.8, 4) is 0 Å². The van der Waals surface area contributed by atoms with Gasteiger partial charge in [-0.05, 0) is 37.8 Å². The lowest BCUT2D eigenvalue weighted by Gasteiger charge is -2.50. The fourth-order valence-electron chi connectivity index (χ4n) is 6.74. The molecular weight excluding hydrogens is 516 g/mol. The highest BCUT2D eigenvalue weighted by Crippen LogP contribution is 2.63. The highest BCUT2D eigenvalue weighted by Gasteiger charge is 2.85. The van der Waals surface area contributed by atoms with E-state index in [9.17, 15) is 34.5 Å². The average Bonchev–Trinajstić information content (AvgIpc) is 3.43. The maximum atomic E-state index is 12.9. The molecule has 0 aromatic heterocycles. The second kappa shape index (κ2) is 10.5.